The summed E-state index contributed by atoms with van der Waals surface area (Å²) in [4.78, 5) is 10.7. The van der Waals surface area contributed by atoms with Crippen molar-refractivity contribution in [2.75, 3.05) is 6.61 Å². The molecule has 11 heteroatoms. The third-order valence-electron chi connectivity index (χ3n) is 2.05. The zero-order chi connectivity index (χ0) is 17.5. The molecule has 0 unspecified atom stereocenters. The molecule has 0 saturated heterocycles. The van der Waals surface area contributed by atoms with Gasteiger partial charge in [0, 0.05) is 6.08 Å². The number of unbranched alkanes of at least 4 members (excludes halogenated alkanes) is 1. The Labute approximate surface area is 123 Å². The van der Waals surface area contributed by atoms with Crippen LogP contribution in [0.1, 0.15) is 12.8 Å². The summed E-state index contributed by atoms with van der Waals surface area (Å²) in [7, 11) is -8.67. The van der Waals surface area contributed by atoms with Gasteiger partial charge in [-0.1, -0.05) is 6.58 Å². The summed E-state index contributed by atoms with van der Waals surface area (Å²) >= 11 is 0. The molecule has 0 aliphatic carbocycles. The van der Waals surface area contributed by atoms with Gasteiger partial charge in [0.15, 0.2) is 0 Å². The SMILES string of the molecule is C=CC(=O)OCCCC[n+]1ccn(C)c1.F[P-](F)(F)(F)(F)F. The van der Waals surface area contributed by atoms with E-state index in [4.69, 9.17) is 4.74 Å². The molecule has 1 rings (SSSR count). The van der Waals surface area contributed by atoms with Gasteiger partial charge in [0.05, 0.1) is 20.2 Å². The Hall–Kier alpha value is -1.57. The molecule has 0 aliphatic rings. The summed E-state index contributed by atoms with van der Waals surface area (Å²) < 4.78 is 68.2. The first-order valence-electron chi connectivity index (χ1n) is 6.04. The summed E-state index contributed by atoms with van der Waals surface area (Å²) in [5.41, 5.74) is 0. The van der Waals surface area contributed by atoms with E-state index in [1.807, 2.05) is 30.3 Å². The first-order chi connectivity index (χ1) is 9.67. The Bertz CT molecular complexity index is 500. The number of halogens is 6. The van der Waals surface area contributed by atoms with Gasteiger partial charge >= 0.3 is 39.0 Å². The van der Waals surface area contributed by atoms with E-state index in [9.17, 15) is 30.0 Å². The number of aryl methyl sites for hydroxylation is 2. The zero-order valence-electron chi connectivity index (χ0n) is 11.8. The predicted octanol–water partition coefficient (Wildman–Crippen LogP) is 4.20. The fourth-order valence-corrected chi connectivity index (χ4v) is 1.26. The van der Waals surface area contributed by atoms with Gasteiger partial charge in [0.25, 0.3) is 0 Å². The predicted molar refractivity (Wildman–Crippen MR) is 69.6 cm³/mol. The van der Waals surface area contributed by atoms with E-state index in [0.717, 1.165) is 19.4 Å². The number of carbonyl (C=O) groups excluding carboxylic acids is 1. The van der Waals surface area contributed by atoms with Crippen molar-refractivity contribution in [2.24, 2.45) is 7.05 Å². The summed E-state index contributed by atoms with van der Waals surface area (Å²) in [5.74, 6) is -0.345. The van der Waals surface area contributed by atoms with Crippen LogP contribution in [0.15, 0.2) is 31.4 Å². The van der Waals surface area contributed by atoms with Crippen LogP contribution in [-0.4, -0.2) is 17.1 Å². The molecule has 0 bridgehead atoms. The molecule has 0 fully saturated rings. The zero-order valence-corrected chi connectivity index (χ0v) is 12.7. The van der Waals surface area contributed by atoms with Crippen molar-refractivity contribution in [1.82, 2.24) is 4.57 Å². The number of ether oxygens (including phenoxy) is 1. The van der Waals surface area contributed by atoms with Crippen molar-refractivity contribution in [3.8, 4) is 0 Å². The average molecular weight is 354 g/mol. The molecule has 0 aliphatic heterocycles. The Morgan fingerprint density at radius 2 is 1.82 bits per heavy atom. The fraction of sp³-hybridized carbons (Fsp3) is 0.455. The van der Waals surface area contributed by atoms with Crippen LogP contribution in [0.5, 0.6) is 0 Å². The molecule has 1 heterocycles. The first-order valence-corrected chi connectivity index (χ1v) is 8.07. The van der Waals surface area contributed by atoms with Gasteiger partial charge in [0.2, 0.25) is 6.33 Å². The van der Waals surface area contributed by atoms with Crippen molar-refractivity contribution in [1.29, 1.82) is 0 Å². The van der Waals surface area contributed by atoms with E-state index < -0.39 is 7.81 Å². The van der Waals surface area contributed by atoms with Crippen molar-refractivity contribution in [3.63, 3.8) is 0 Å². The van der Waals surface area contributed by atoms with Crippen LogP contribution < -0.4 is 4.57 Å². The second-order valence-electron chi connectivity index (χ2n) is 4.35. The Balaban J connectivity index is 0.000000534. The van der Waals surface area contributed by atoms with E-state index in [1.54, 1.807) is 0 Å². The molecule has 1 aromatic heterocycles. The summed E-state index contributed by atoms with van der Waals surface area (Å²) in [5, 5.41) is 0. The number of hydrogen-bond donors (Lipinski definition) is 0. The summed E-state index contributed by atoms with van der Waals surface area (Å²) in [6, 6.07) is 0. The summed E-state index contributed by atoms with van der Waals surface area (Å²) in [6.07, 6.45) is 9.11. The second-order valence-corrected chi connectivity index (χ2v) is 6.27. The van der Waals surface area contributed by atoms with Gasteiger partial charge in [-0.3, -0.25) is 0 Å². The van der Waals surface area contributed by atoms with Gasteiger partial charge in [-0.05, 0) is 12.8 Å². The van der Waals surface area contributed by atoms with E-state index in [2.05, 4.69) is 11.1 Å². The van der Waals surface area contributed by atoms with Crippen LogP contribution in [-0.2, 0) is 23.1 Å². The molecule has 0 spiro atoms. The molecule has 0 atom stereocenters. The molecule has 22 heavy (non-hydrogen) atoms. The molecular formula is C11H17F6N2O2P. The summed E-state index contributed by atoms with van der Waals surface area (Å²) in [6.45, 7) is 4.75. The maximum absolute atomic E-state index is 10.7. The number of imidazole rings is 1. The van der Waals surface area contributed by atoms with Gasteiger partial charge in [0.1, 0.15) is 12.4 Å². The van der Waals surface area contributed by atoms with Gasteiger partial charge in [-0.2, -0.15) is 0 Å². The molecule has 0 N–H and O–H groups in total. The van der Waals surface area contributed by atoms with E-state index in [0.29, 0.717) is 6.61 Å². The van der Waals surface area contributed by atoms with Crippen LogP contribution in [0, 0.1) is 0 Å². The Morgan fingerprint density at radius 1 is 1.27 bits per heavy atom. The van der Waals surface area contributed by atoms with Crippen LogP contribution in [0.4, 0.5) is 25.2 Å². The van der Waals surface area contributed by atoms with E-state index >= 15 is 0 Å². The van der Waals surface area contributed by atoms with Crippen LogP contribution in [0.3, 0.4) is 0 Å². The van der Waals surface area contributed by atoms with Gasteiger partial charge in [-0.25, -0.2) is 13.9 Å². The van der Waals surface area contributed by atoms with Gasteiger partial charge in [-0.15, -0.1) is 0 Å². The normalized spacial score (nSPS) is 14.1. The fourth-order valence-electron chi connectivity index (χ4n) is 1.26. The monoisotopic (exact) mass is 354 g/mol. The standard InChI is InChI=1S/C11H17N2O2.F6P/c1-3-11(14)15-9-5-4-6-13-8-7-12(2)10-13;1-7(2,3,4,5)6/h3,7-8,10H,1,4-6,9H2,2H3;/q+1;-1. The maximum atomic E-state index is 10.7. The van der Waals surface area contributed by atoms with E-state index in [-0.39, 0.29) is 5.97 Å². The van der Waals surface area contributed by atoms with Crippen LogP contribution in [0.25, 0.3) is 0 Å². The van der Waals surface area contributed by atoms with Crippen molar-refractivity contribution >= 4 is 13.8 Å². The number of rotatable bonds is 6. The quantitative estimate of drug-likeness (QED) is 0.192. The Morgan fingerprint density at radius 3 is 2.23 bits per heavy atom. The Kier molecular flexibility index (Phi) is 6.20. The third kappa shape index (κ3) is 18.4. The van der Waals surface area contributed by atoms with Gasteiger partial charge < -0.3 is 4.74 Å². The van der Waals surface area contributed by atoms with Crippen molar-refractivity contribution < 1.29 is 39.3 Å². The number of hydrogen-bond acceptors (Lipinski definition) is 2. The second kappa shape index (κ2) is 6.68. The molecule has 0 amide bonds. The minimum atomic E-state index is -10.7. The molecule has 0 radical (unpaired) electrons. The van der Waals surface area contributed by atoms with Crippen molar-refractivity contribution in [2.45, 2.75) is 19.4 Å². The molecular weight excluding hydrogens is 337 g/mol. The number of carbonyl (C=O) groups is 1. The van der Waals surface area contributed by atoms with Crippen molar-refractivity contribution in [3.05, 3.63) is 31.4 Å². The van der Waals surface area contributed by atoms with E-state index in [1.165, 1.54) is 6.08 Å². The molecule has 1 aromatic rings. The van der Waals surface area contributed by atoms with Crippen LogP contribution in [0.2, 0.25) is 0 Å². The number of aromatic nitrogens is 2. The molecule has 0 saturated carbocycles. The van der Waals surface area contributed by atoms with Crippen LogP contribution >= 0.6 is 7.81 Å². The molecule has 130 valence electrons. The third-order valence-corrected chi connectivity index (χ3v) is 2.05. The average Bonchev–Trinajstić information content (AvgIpc) is 2.70. The number of nitrogens with zero attached hydrogens (tertiary/aromatic N) is 2. The molecule has 4 nitrogen and oxygen atoms in total. The number of esters is 1. The first kappa shape index (κ1) is 20.4. The minimum absolute atomic E-state index is 0.345. The topological polar surface area (TPSA) is 35.1 Å². The molecule has 0 aromatic carbocycles.